The Morgan fingerprint density at radius 2 is 2.04 bits per heavy atom. The molecule has 0 aliphatic heterocycles. The molecule has 3 aromatic heterocycles. The largest absolute Gasteiger partial charge is 0.381 e. The molecule has 10 heteroatoms. The minimum Gasteiger partial charge on any atom is -0.381 e. The van der Waals surface area contributed by atoms with Crippen molar-refractivity contribution in [3.63, 3.8) is 0 Å². The predicted octanol–water partition coefficient (Wildman–Crippen LogP) is -0.556. The zero-order valence-corrected chi connectivity index (χ0v) is 13.7. The van der Waals surface area contributed by atoms with E-state index in [1.54, 1.807) is 11.6 Å². The van der Waals surface area contributed by atoms with Crippen LogP contribution < -0.4 is 11.2 Å². The molecule has 3 heterocycles. The van der Waals surface area contributed by atoms with Crippen molar-refractivity contribution in [3.8, 4) is 0 Å². The minimum absolute atomic E-state index is 0.224. The van der Waals surface area contributed by atoms with Crippen LogP contribution in [-0.4, -0.2) is 42.0 Å². The third-order valence-corrected chi connectivity index (χ3v) is 3.70. The Bertz CT molecular complexity index is 979. The van der Waals surface area contributed by atoms with Crippen LogP contribution >= 0.6 is 0 Å². The van der Waals surface area contributed by atoms with Crippen LogP contribution in [0.25, 0.3) is 11.2 Å². The molecule has 0 aliphatic rings. The number of imidazole rings is 1. The van der Waals surface area contributed by atoms with Gasteiger partial charge in [-0.25, -0.2) is 9.78 Å². The number of rotatable bonds is 6. The fraction of sp³-hybridized carbons (Fsp3) is 0.500. The third kappa shape index (κ3) is 2.75. The molecular weight excluding hydrogens is 316 g/mol. The zero-order chi connectivity index (χ0) is 17.3. The van der Waals surface area contributed by atoms with Crippen molar-refractivity contribution in [1.29, 1.82) is 0 Å². The smallest absolute Gasteiger partial charge is 0.332 e. The maximum absolute atomic E-state index is 12.4. The summed E-state index contributed by atoms with van der Waals surface area (Å²) in [6, 6.07) is 0. The van der Waals surface area contributed by atoms with Crippen LogP contribution in [0.1, 0.15) is 18.6 Å². The Balaban J connectivity index is 1.91. The van der Waals surface area contributed by atoms with Gasteiger partial charge in [-0.3, -0.25) is 13.9 Å². The Morgan fingerprint density at radius 3 is 2.79 bits per heavy atom. The summed E-state index contributed by atoms with van der Waals surface area (Å²) >= 11 is 0. The lowest BCUT2D eigenvalue weighted by atomic mass is 10.4. The first-order valence-electron chi connectivity index (χ1n) is 7.53. The van der Waals surface area contributed by atoms with Gasteiger partial charge in [-0.1, -0.05) is 5.16 Å². The van der Waals surface area contributed by atoms with Crippen LogP contribution in [0.3, 0.4) is 0 Å². The summed E-state index contributed by atoms with van der Waals surface area (Å²) in [5, 5.41) is 3.90. The number of nitrogens with zero attached hydrogens (tertiary/aromatic N) is 6. The van der Waals surface area contributed by atoms with E-state index < -0.39 is 11.2 Å². The van der Waals surface area contributed by atoms with Crippen molar-refractivity contribution in [3.05, 3.63) is 38.9 Å². The molecule has 0 aromatic carbocycles. The molecule has 0 fully saturated rings. The second kappa shape index (κ2) is 6.40. The van der Waals surface area contributed by atoms with Gasteiger partial charge in [0.05, 0.1) is 25.9 Å². The van der Waals surface area contributed by atoms with Crippen molar-refractivity contribution >= 4 is 11.2 Å². The normalized spacial score (nSPS) is 11.5. The fourth-order valence-electron chi connectivity index (χ4n) is 2.43. The van der Waals surface area contributed by atoms with Gasteiger partial charge in [0.15, 0.2) is 17.0 Å². The molecule has 3 rings (SSSR count). The number of hydrogen-bond acceptors (Lipinski definition) is 7. The van der Waals surface area contributed by atoms with E-state index in [2.05, 4.69) is 15.1 Å². The lowest BCUT2D eigenvalue weighted by Crippen LogP contribution is -2.37. The second-order valence-corrected chi connectivity index (χ2v) is 5.30. The molecule has 0 N–H and O–H groups in total. The highest BCUT2D eigenvalue weighted by Gasteiger charge is 2.16. The van der Waals surface area contributed by atoms with Gasteiger partial charge in [0.1, 0.15) is 0 Å². The highest BCUT2D eigenvalue weighted by atomic mass is 16.5. The Morgan fingerprint density at radius 1 is 1.25 bits per heavy atom. The monoisotopic (exact) mass is 334 g/mol. The third-order valence-electron chi connectivity index (χ3n) is 3.70. The summed E-state index contributed by atoms with van der Waals surface area (Å²) in [4.78, 5) is 32.7. The summed E-state index contributed by atoms with van der Waals surface area (Å²) in [6.07, 6.45) is 2.02. The number of aromatic nitrogens is 6. The van der Waals surface area contributed by atoms with Crippen LogP contribution in [0.15, 0.2) is 20.4 Å². The predicted molar refractivity (Wildman–Crippen MR) is 83.8 cm³/mol. The quantitative estimate of drug-likeness (QED) is 0.556. The first-order valence-corrected chi connectivity index (χ1v) is 7.53. The summed E-state index contributed by atoms with van der Waals surface area (Å²) in [6.45, 7) is 3.28. The molecule has 0 aliphatic carbocycles. The molecular formula is C14H18N6O4. The second-order valence-electron chi connectivity index (χ2n) is 5.30. The van der Waals surface area contributed by atoms with Crippen LogP contribution in [0.2, 0.25) is 0 Å². The van der Waals surface area contributed by atoms with Gasteiger partial charge in [-0.2, -0.15) is 4.98 Å². The van der Waals surface area contributed by atoms with Gasteiger partial charge in [-0.05, 0) is 6.92 Å². The molecule has 0 radical (unpaired) electrons. The molecule has 0 saturated heterocycles. The molecule has 128 valence electrons. The Kier molecular flexibility index (Phi) is 4.30. The van der Waals surface area contributed by atoms with Crippen molar-refractivity contribution in [2.75, 3.05) is 13.2 Å². The van der Waals surface area contributed by atoms with Crippen molar-refractivity contribution < 1.29 is 9.26 Å². The van der Waals surface area contributed by atoms with Gasteiger partial charge in [0.25, 0.3) is 5.56 Å². The minimum atomic E-state index is -0.421. The number of aryl methyl sites for hydroxylation is 1. The molecule has 0 bridgehead atoms. The number of ether oxygens (including phenoxy) is 1. The van der Waals surface area contributed by atoms with Gasteiger partial charge >= 0.3 is 5.69 Å². The van der Waals surface area contributed by atoms with Gasteiger partial charge in [-0.15, -0.1) is 0 Å². The van der Waals surface area contributed by atoms with Crippen LogP contribution in [-0.2, 0) is 31.8 Å². The topological polar surface area (TPSA) is 110 Å². The Hall–Kier alpha value is -2.75. The molecule has 3 aromatic rings. The lowest BCUT2D eigenvalue weighted by Gasteiger charge is -2.04. The highest BCUT2D eigenvalue weighted by Crippen LogP contribution is 2.08. The van der Waals surface area contributed by atoms with Crippen LogP contribution in [0.4, 0.5) is 0 Å². The molecule has 0 atom stereocenters. The van der Waals surface area contributed by atoms with Crippen molar-refractivity contribution in [2.24, 2.45) is 14.1 Å². The van der Waals surface area contributed by atoms with E-state index in [4.69, 9.17) is 9.26 Å². The standard InChI is InChI=1S/C14H18N6O4/c1-4-23-6-5-10-16-9(17-24-10)7-20-8-15-12-11(20)13(21)19(3)14(22)18(12)2/h8H,4-7H2,1-3H3. The molecule has 10 nitrogen and oxygen atoms in total. The van der Waals surface area contributed by atoms with E-state index in [0.29, 0.717) is 42.5 Å². The average Bonchev–Trinajstić information content (AvgIpc) is 3.19. The molecule has 24 heavy (non-hydrogen) atoms. The van der Waals surface area contributed by atoms with E-state index in [-0.39, 0.29) is 6.54 Å². The number of fused-ring (bicyclic) bond motifs is 1. The zero-order valence-electron chi connectivity index (χ0n) is 13.7. The van der Waals surface area contributed by atoms with Gasteiger partial charge < -0.3 is 13.8 Å². The summed E-state index contributed by atoms with van der Waals surface area (Å²) in [7, 11) is 3.00. The first-order chi connectivity index (χ1) is 11.5. The molecule has 0 amide bonds. The summed E-state index contributed by atoms with van der Waals surface area (Å²) < 4.78 is 14.4. The highest BCUT2D eigenvalue weighted by molar-refractivity contribution is 5.70. The SMILES string of the molecule is CCOCCc1nc(Cn2cnc3c2c(=O)n(C)c(=O)n3C)no1. The van der Waals surface area contributed by atoms with Crippen molar-refractivity contribution in [2.45, 2.75) is 19.9 Å². The van der Waals surface area contributed by atoms with E-state index in [1.807, 2.05) is 6.92 Å². The van der Waals surface area contributed by atoms with E-state index in [9.17, 15) is 9.59 Å². The maximum atomic E-state index is 12.4. The number of hydrogen-bond donors (Lipinski definition) is 0. The molecule has 0 unspecified atom stereocenters. The van der Waals surface area contributed by atoms with E-state index in [1.165, 1.54) is 17.9 Å². The van der Waals surface area contributed by atoms with Crippen LogP contribution in [0.5, 0.6) is 0 Å². The van der Waals surface area contributed by atoms with E-state index >= 15 is 0 Å². The average molecular weight is 334 g/mol. The van der Waals surface area contributed by atoms with Gasteiger partial charge in [0, 0.05) is 20.7 Å². The summed E-state index contributed by atoms with van der Waals surface area (Å²) in [5.41, 5.74) is -0.190. The van der Waals surface area contributed by atoms with Gasteiger partial charge in [0.2, 0.25) is 5.89 Å². The van der Waals surface area contributed by atoms with Crippen molar-refractivity contribution in [1.82, 2.24) is 28.8 Å². The first kappa shape index (κ1) is 16.1. The molecule has 0 spiro atoms. The van der Waals surface area contributed by atoms with E-state index in [0.717, 1.165) is 4.57 Å². The Labute approximate surface area is 136 Å². The molecule has 0 saturated carbocycles. The maximum Gasteiger partial charge on any atom is 0.332 e. The lowest BCUT2D eigenvalue weighted by molar-refractivity contribution is 0.144. The summed E-state index contributed by atoms with van der Waals surface area (Å²) in [5.74, 6) is 0.903. The fourth-order valence-corrected chi connectivity index (χ4v) is 2.43. The van der Waals surface area contributed by atoms with Crippen LogP contribution in [0, 0.1) is 0 Å².